The second kappa shape index (κ2) is 9.76. The minimum Gasteiger partial charge on any atom is -0.493 e. The fourth-order valence-electron chi connectivity index (χ4n) is 3.16. The van der Waals surface area contributed by atoms with Crippen molar-refractivity contribution in [3.8, 4) is 11.5 Å². The standard InChI is InChI=1S/C25H17ClINO5/c1-14-5-3-4-6-17(14)24(29)32-21-10-7-15(12-22(21)31-2)11-20-25(30)33-23(28-20)18-13-16(27)8-9-19(18)26/h3-13H,1-2H3/b20-11-. The summed E-state index contributed by atoms with van der Waals surface area (Å²) in [6, 6.07) is 17.5. The lowest BCUT2D eigenvalue weighted by Gasteiger charge is -2.11. The molecule has 3 aromatic carbocycles. The first kappa shape index (κ1) is 23.0. The fraction of sp³-hybridized carbons (Fsp3) is 0.0800. The average molecular weight is 574 g/mol. The van der Waals surface area contributed by atoms with Gasteiger partial charge in [-0.1, -0.05) is 35.9 Å². The monoisotopic (exact) mass is 573 g/mol. The molecule has 3 aromatic rings. The Morgan fingerprint density at radius 2 is 1.88 bits per heavy atom. The SMILES string of the molecule is COc1cc(/C=C2\N=C(c3cc(I)ccc3Cl)OC2=O)ccc1OC(=O)c1ccccc1C. The Balaban J connectivity index is 1.60. The van der Waals surface area contributed by atoms with Crippen LogP contribution in [0.25, 0.3) is 6.08 Å². The van der Waals surface area contributed by atoms with Crippen LogP contribution in [-0.4, -0.2) is 24.9 Å². The highest BCUT2D eigenvalue weighted by Gasteiger charge is 2.26. The van der Waals surface area contributed by atoms with E-state index >= 15 is 0 Å². The van der Waals surface area contributed by atoms with Crippen molar-refractivity contribution in [2.24, 2.45) is 4.99 Å². The van der Waals surface area contributed by atoms with E-state index in [2.05, 4.69) is 27.6 Å². The number of hydrogen-bond donors (Lipinski definition) is 0. The molecule has 0 aliphatic carbocycles. The molecular formula is C25H17ClINO5. The molecule has 0 spiro atoms. The molecule has 0 saturated heterocycles. The molecule has 1 heterocycles. The summed E-state index contributed by atoms with van der Waals surface area (Å²) in [5.74, 6) is -0.334. The lowest BCUT2D eigenvalue weighted by molar-refractivity contribution is -0.129. The summed E-state index contributed by atoms with van der Waals surface area (Å²) in [5.41, 5.74) is 2.55. The second-order valence-corrected chi connectivity index (χ2v) is 8.73. The molecule has 6 nitrogen and oxygen atoms in total. The van der Waals surface area contributed by atoms with E-state index in [1.54, 1.807) is 48.5 Å². The van der Waals surface area contributed by atoms with Gasteiger partial charge in [0.2, 0.25) is 5.90 Å². The quantitative estimate of drug-likeness (QED) is 0.166. The number of aliphatic imine (C=N–C) groups is 1. The predicted molar refractivity (Wildman–Crippen MR) is 134 cm³/mol. The van der Waals surface area contributed by atoms with Gasteiger partial charge in [-0.25, -0.2) is 14.6 Å². The van der Waals surface area contributed by atoms with Gasteiger partial charge in [0.15, 0.2) is 17.2 Å². The number of hydrogen-bond acceptors (Lipinski definition) is 6. The molecular weight excluding hydrogens is 557 g/mol. The lowest BCUT2D eigenvalue weighted by Crippen LogP contribution is -2.10. The molecule has 0 saturated carbocycles. The van der Waals surface area contributed by atoms with Gasteiger partial charge in [-0.2, -0.15) is 0 Å². The van der Waals surface area contributed by atoms with Crippen LogP contribution >= 0.6 is 34.2 Å². The van der Waals surface area contributed by atoms with Crippen molar-refractivity contribution in [3.63, 3.8) is 0 Å². The maximum absolute atomic E-state index is 12.6. The molecule has 0 unspecified atom stereocenters. The minimum atomic E-state index is -0.589. The largest absolute Gasteiger partial charge is 0.493 e. The van der Waals surface area contributed by atoms with Crippen LogP contribution in [0.3, 0.4) is 0 Å². The number of rotatable bonds is 5. The van der Waals surface area contributed by atoms with Gasteiger partial charge >= 0.3 is 11.9 Å². The van der Waals surface area contributed by atoms with Crippen LogP contribution in [-0.2, 0) is 9.53 Å². The molecule has 8 heteroatoms. The third-order valence-electron chi connectivity index (χ3n) is 4.84. The van der Waals surface area contributed by atoms with E-state index in [0.29, 0.717) is 27.5 Å². The van der Waals surface area contributed by atoms with Gasteiger partial charge in [0.05, 0.1) is 23.3 Å². The minimum absolute atomic E-state index is 0.117. The van der Waals surface area contributed by atoms with Crippen molar-refractivity contribution >= 4 is 58.1 Å². The Kier molecular flexibility index (Phi) is 6.80. The summed E-state index contributed by atoms with van der Waals surface area (Å²) in [7, 11) is 1.47. The molecule has 1 aliphatic rings. The van der Waals surface area contributed by atoms with E-state index in [-0.39, 0.29) is 17.3 Å². The summed E-state index contributed by atoms with van der Waals surface area (Å²) in [4.78, 5) is 29.2. The van der Waals surface area contributed by atoms with Gasteiger partial charge in [0.1, 0.15) is 0 Å². The summed E-state index contributed by atoms with van der Waals surface area (Å²) in [6.45, 7) is 1.84. The number of benzene rings is 3. The van der Waals surface area contributed by atoms with Crippen molar-refractivity contribution in [1.29, 1.82) is 0 Å². The Morgan fingerprint density at radius 3 is 2.64 bits per heavy atom. The van der Waals surface area contributed by atoms with E-state index in [1.807, 2.05) is 25.1 Å². The van der Waals surface area contributed by atoms with Crippen LogP contribution in [0.2, 0.25) is 5.02 Å². The topological polar surface area (TPSA) is 74.2 Å². The maximum atomic E-state index is 12.6. The molecule has 0 aromatic heterocycles. The zero-order valence-electron chi connectivity index (χ0n) is 17.6. The van der Waals surface area contributed by atoms with Crippen LogP contribution in [0.15, 0.2) is 71.4 Å². The number of nitrogens with zero attached hydrogens (tertiary/aromatic N) is 1. The van der Waals surface area contributed by atoms with Crippen LogP contribution in [0.1, 0.15) is 27.0 Å². The number of aryl methyl sites for hydroxylation is 1. The fourth-order valence-corrected chi connectivity index (χ4v) is 3.85. The Morgan fingerprint density at radius 1 is 1.09 bits per heavy atom. The number of cyclic esters (lactones) is 1. The molecule has 0 fully saturated rings. The van der Waals surface area contributed by atoms with E-state index in [4.69, 9.17) is 25.8 Å². The number of methoxy groups -OCH3 is 1. The predicted octanol–water partition coefficient (Wildman–Crippen LogP) is 5.83. The third-order valence-corrected chi connectivity index (χ3v) is 5.84. The second-order valence-electron chi connectivity index (χ2n) is 7.07. The van der Waals surface area contributed by atoms with Gasteiger partial charge in [0, 0.05) is 3.57 Å². The first-order chi connectivity index (χ1) is 15.9. The maximum Gasteiger partial charge on any atom is 0.363 e. The number of ether oxygens (including phenoxy) is 3. The normalized spacial score (nSPS) is 14.1. The van der Waals surface area contributed by atoms with Crippen molar-refractivity contribution < 1.29 is 23.8 Å². The summed E-state index contributed by atoms with van der Waals surface area (Å²) < 4.78 is 17.2. The molecule has 1 aliphatic heterocycles. The molecule has 4 rings (SSSR count). The number of esters is 2. The molecule has 0 amide bonds. The zero-order valence-corrected chi connectivity index (χ0v) is 20.5. The van der Waals surface area contributed by atoms with Gasteiger partial charge in [0.25, 0.3) is 0 Å². The van der Waals surface area contributed by atoms with Crippen LogP contribution in [0, 0.1) is 10.5 Å². The van der Waals surface area contributed by atoms with Crippen molar-refractivity contribution in [1.82, 2.24) is 0 Å². The van der Waals surface area contributed by atoms with Crippen molar-refractivity contribution in [3.05, 3.63) is 97.2 Å². The van der Waals surface area contributed by atoms with Crippen LogP contribution < -0.4 is 9.47 Å². The first-order valence-electron chi connectivity index (χ1n) is 9.79. The Bertz CT molecular complexity index is 1330. The first-order valence-corrected chi connectivity index (χ1v) is 11.2. The van der Waals surface area contributed by atoms with E-state index in [9.17, 15) is 9.59 Å². The summed E-state index contributed by atoms with van der Waals surface area (Å²) in [5, 5.41) is 0.435. The summed E-state index contributed by atoms with van der Waals surface area (Å²) >= 11 is 8.37. The van der Waals surface area contributed by atoms with Crippen LogP contribution in [0.5, 0.6) is 11.5 Å². The number of carbonyl (C=O) groups excluding carboxylic acids is 2. The van der Waals surface area contributed by atoms with E-state index < -0.39 is 11.9 Å². The molecule has 166 valence electrons. The molecule has 33 heavy (non-hydrogen) atoms. The number of carbonyl (C=O) groups is 2. The molecule has 0 atom stereocenters. The van der Waals surface area contributed by atoms with Gasteiger partial charge in [-0.15, -0.1) is 0 Å². The third kappa shape index (κ3) is 5.09. The molecule has 0 radical (unpaired) electrons. The van der Waals surface area contributed by atoms with Crippen LogP contribution in [0.4, 0.5) is 0 Å². The molecule has 0 N–H and O–H groups in total. The summed E-state index contributed by atoms with van der Waals surface area (Å²) in [6.07, 6.45) is 1.56. The smallest absolute Gasteiger partial charge is 0.363 e. The highest BCUT2D eigenvalue weighted by Crippen LogP contribution is 2.31. The van der Waals surface area contributed by atoms with Crippen molar-refractivity contribution in [2.75, 3.05) is 7.11 Å². The highest BCUT2D eigenvalue weighted by molar-refractivity contribution is 14.1. The highest BCUT2D eigenvalue weighted by atomic mass is 127. The van der Waals surface area contributed by atoms with Gasteiger partial charge in [-0.05, 0) is 83.1 Å². The van der Waals surface area contributed by atoms with Gasteiger partial charge < -0.3 is 14.2 Å². The zero-order chi connectivity index (χ0) is 23.5. The van der Waals surface area contributed by atoms with E-state index in [0.717, 1.165) is 9.13 Å². The van der Waals surface area contributed by atoms with Crippen molar-refractivity contribution in [2.45, 2.75) is 6.92 Å². The Labute approximate surface area is 209 Å². The Hall–Kier alpha value is -3.17. The van der Waals surface area contributed by atoms with Gasteiger partial charge in [-0.3, -0.25) is 0 Å². The molecule has 0 bridgehead atoms. The average Bonchev–Trinajstić information content (AvgIpc) is 3.16. The lowest BCUT2D eigenvalue weighted by atomic mass is 10.1. The van der Waals surface area contributed by atoms with E-state index in [1.165, 1.54) is 7.11 Å². The number of halogens is 2.